The molecule has 1 aliphatic heterocycles. The Balaban J connectivity index is 1.88. The van der Waals surface area contributed by atoms with Crippen LogP contribution in [0, 0.1) is 13.8 Å². The van der Waals surface area contributed by atoms with E-state index in [-0.39, 0.29) is 6.73 Å². The first kappa shape index (κ1) is 17.6. The standard InChI is InChI=1S/C19H24N6O2/c1-12-16-17(19(23-22-18(16)21)24-7-9-26-10-8-24)13(2)25(12)14-3-5-15(6-4-14)27-11-20/h3-6H,7-11,20H2,1-2H3,(H2,21,22). The van der Waals surface area contributed by atoms with E-state index >= 15 is 0 Å². The molecule has 0 saturated carbocycles. The number of benzene rings is 1. The van der Waals surface area contributed by atoms with Gasteiger partial charge in [-0.2, -0.15) is 0 Å². The van der Waals surface area contributed by atoms with E-state index in [0.29, 0.717) is 19.0 Å². The molecular weight excluding hydrogens is 344 g/mol. The number of aromatic nitrogens is 3. The normalized spacial score (nSPS) is 14.7. The Morgan fingerprint density at radius 1 is 1.04 bits per heavy atom. The van der Waals surface area contributed by atoms with Crippen molar-refractivity contribution in [3.8, 4) is 11.4 Å². The van der Waals surface area contributed by atoms with Crippen molar-refractivity contribution >= 4 is 22.4 Å². The zero-order valence-electron chi connectivity index (χ0n) is 15.6. The van der Waals surface area contributed by atoms with Crippen LogP contribution in [0.1, 0.15) is 11.4 Å². The second-order valence-electron chi connectivity index (χ2n) is 6.57. The summed E-state index contributed by atoms with van der Waals surface area (Å²) in [6, 6.07) is 7.84. The van der Waals surface area contributed by atoms with Crippen LogP contribution in [0.4, 0.5) is 11.6 Å². The van der Waals surface area contributed by atoms with Gasteiger partial charge in [0.2, 0.25) is 0 Å². The van der Waals surface area contributed by atoms with Gasteiger partial charge in [0.1, 0.15) is 12.5 Å². The van der Waals surface area contributed by atoms with Crippen LogP contribution in [-0.2, 0) is 4.74 Å². The van der Waals surface area contributed by atoms with Gasteiger partial charge in [-0.15, -0.1) is 10.2 Å². The maximum atomic E-state index is 6.22. The molecule has 8 heteroatoms. The maximum absolute atomic E-state index is 6.22. The molecule has 0 bridgehead atoms. The molecule has 142 valence electrons. The number of nitrogens with zero attached hydrogens (tertiary/aromatic N) is 4. The van der Waals surface area contributed by atoms with Crippen LogP contribution < -0.4 is 21.1 Å². The summed E-state index contributed by atoms with van der Waals surface area (Å²) in [5.41, 5.74) is 14.8. The van der Waals surface area contributed by atoms with E-state index in [1.54, 1.807) is 0 Å². The minimum Gasteiger partial charge on any atom is -0.479 e. The van der Waals surface area contributed by atoms with Gasteiger partial charge < -0.3 is 24.7 Å². The first-order chi connectivity index (χ1) is 13.1. The molecule has 4 rings (SSSR count). The molecule has 1 fully saturated rings. The van der Waals surface area contributed by atoms with E-state index in [9.17, 15) is 0 Å². The minimum absolute atomic E-state index is 0.154. The van der Waals surface area contributed by atoms with Crippen LogP contribution in [0.15, 0.2) is 24.3 Å². The van der Waals surface area contributed by atoms with Crippen molar-refractivity contribution in [2.24, 2.45) is 5.73 Å². The summed E-state index contributed by atoms with van der Waals surface area (Å²) in [5.74, 6) is 2.06. The number of nitrogen functional groups attached to an aromatic ring is 1. The second kappa shape index (κ2) is 7.05. The second-order valence-corrected chi connectivity index (χ2v) is 6.57. The molecule has 0 unspecified atom stereocenters. The van der Waals surface area contributed by atoms with Crippen molar-refractivity contribution < 1.29 is 9.47 Å². The summed E-state index contributed by atoms with van der Waals surface area (Å²) in [7, 11) is 0. The average Bonchev–Trinajstić information content (AvgIpc) is 2.96. The van der Waals surface area contributed by atoms with Crippen LogP contribution in [-0.4, -0.2) is 47.8 Å². The summed E-state index contributed by atoms with van der Waals surface area (Å²) < 4.78 is 13.0. The van der Waals surface area contributed by atoms with E-state index in [1.807, 2.05) is 24.3 Å². The highest BCUT2D eigenvalue weighted by atomic mass is 16.5. The Morgan fingerprint density at radius 2 is 1.70 bits per heavy atom. The lowest BCUT2D eigenvalue weighted by atomic mass is 10.2. The Morgan fingerprint density at radius 3 is 2.37 bits per heavy atom. The lowest BCUT2D eigenvalue weighted by molar-refractivity contribution is 0.122. The first-order valence-electron chi connectivity index (χ1n) is 9.01. The van der Waals surface area contributed by atoms with Crippen LogP contribution in [0.3, 0.4) is 0 Å². The highest BCUT2D eigenvalue weighted by Gasteiger charge is 2.23. The number of hydrogen-bond acceptors (Lipinski definition) is 7. The molecule has 0 atom stereocenters. The van der Waals surface area contributed by atoms with Crippen LogP contribution >= 0.6 is 0 Å². The molecule has 1 aliphatic rings. The Labute approximate surface area is 157 Å². The quantitative estimate of drug-likeness (QED) is 0.676. The predicted molar refractivity (Wildman–Crippen MR) is 105 cm³/mol. The minimum atomic E-state index is 0.154. The molecule has 0 spiro atoms. The lowest BCUT2D eigenvalue weighted by Crippen LogP contribution is -2.37. The first-order valence-corrected chi connectivity index (χ1v) is 9.01. The van der Waals surface area contributed by atoms with Gasteiger partial charge >= 0.3 is 0 Å². The third-order valence-corrected chi connectivity index (χ3v) is 5.03. The average molecular weight is 368 g/mol. The van der Waals surface area contributed by atoms with Gasteiger partial charge in [-0.25, -0.2) is 0 Å². The zero-order valence-corrected chi connectivity index (χ0v) is 15.6. The monoisotopic (exact) mass is 368 g/mol. The fourth-order valence-electron chi connectivity index (χ4n) is 3.80. The number of rotatable bonds is 4. The molecule has 27 heavy (non-hydrogen) atoms. The Kier molecular flexibility index (Phi) is 4.59. The molecule has 3 heterocycles. The van der Waals surface area contributed by atoms with Crippen LogP contribution in [0.2, 0.25) is 0 Å². The van der Waals surface area contributed by atoms with Gasteiger partial charge in [-0.1, -0.05) is 0 Å². The van der Waals surface area contributed by atoms with Crippen molar-refractivity contribution in [3.63, 3.8) is 0 Å². The summed E-state index contributed by atoms with van der Waals surface area (Å²) in [5, 5.41) is 10.6. The van der Waals surface area contributed by atoms with Crippen LogP contribution in [0.5, 0.6) is 5.75 Å². The van der Waals surface area contributed by atoms with E-state index in [0.717, 1.165) is 52.5 Å². The predicted octanol–water partition coefficient (Wildman–Crippen LogP) is 1.75. The maximum Gasteiger partial charge on any atom is 0.161 e. The molecule has 4 N–H and O–H groups in total. The molecule has 0 aliphatic carbocycles. The van der Waals surface area contributed by atoms with E-state index in [4.69, 9.17) is 20.9 Å². The number of ether oxygens (including phenoxy) is 2. The summed E-state index contributed by atoms with van der Waals surface area (Å²) >= 11 is 0. The van der Waals surface area contributed by atoms with Crippen LogP contribution in [0.25, 0.3) is 16.5 Å². The Hall–Kier alpha value is -2.84. The number of anilines is 2. The summed E-state index contributed by atoms with van der Waals surface area (Å²) in [4.78, 5) is 2.22. The fraction of sp³-hybridized carbons (Fsp3) is 0.368. The van der Waals surface area contributed by atoms with E-state index in [2.05, 4.69) is 33.5 Å². The van der Waals surface area contributed by atoms with Crippen molar-refractivity contribution in [1.82, 2.24) is 14.8 Å². The zero-order chi connectivity index (χ0) is 19.0. The van der Waals surface area contributed by atoms with Gasteiger partial charge in [-0.05, 0) is 38.1 Å². The van der Waals surface area contributed by atoms with Gasteiger partial charge in [0.15, 0.2) is 11.6 Å². The molecule has 8 nitrogen and oxygen atoms in total. The summed E-state index contributed by atoms with van der Waals surface area (Å²) in [6.45, 7) is 7.27. The van der Waals surface area contributed by atoms with Gasteiger partial charge in [-0.3, -0.25) is 5.73 Å². The van der Waals surface area contributed by atoms with Crippen molar-refractivity contribution in [3.05, 3.63) is 35.7 Å². The molecule has 2 aromatic heterocycles. The molecule has 1 aromatic carbocycles. The van der Waals surface area contributed by atoms with E-state index < -0.39 is 0 Å². The largest absolute Gasteiger partial charge is 0.479 e. The number of nitrogens with two attached hydrogens (primary N) is 2. The molecule has 3 aromatic rings. The van der Waals surface area contributed by atoms with E-state index in [1.165, 1.54) is 0 Å². The third-order valence-electron chi connectivity index (χ3n) is 5.03. The lowest BCUT2D eigenvalue weighted by Gasteiger charge is -2.28. The molecule has 0 radical (unpaired) electrons. The van der Waals surface area contributed by atoms with Gasteiger partial charge in [0.25, 0.3) is 0 Å². The fourth-order valence-corrected chi connectivity index (χ4v) is 3.80. The van der Waals surface area contributed by atoms with Crippen molar-refractivity contribution in [2.45, 2.75) is 13.8 Å². The number of aryl methyl sites for hydroxylation is 2. The number of morpholine rings is 1. The number of fused-ring (bicyclic) bond motifs is 1. The highest BCUT2D eigenvalue weighted by Crippen LogP contribution is 2.36. The third kappa shape index (κ3) is 2.96. The van der Waals surface area contributed by atoms with Crippen molar-refractivity contribution in [1.29, 1.82) is 0 Å². The smallest absolute Gasteiger partial charge is 0.161 e. The molecular formula is C19H24N6O2. The topological polar surface area (TPSA) is 104 Å². The van der Waals surface area contributed by atoms with Crippen molar-refractivity contribution in [2.75, 3.05) is 43.7 Å². The van der Waals surface area contributed by atoms with Gasteiger partial charge in [0, 0.05) is 30.2 Å². The SMILES string of the molecule is Cc1c2c(N)nnc(N3CCOCC3)c2c(C)n1-c1ccc(OCN)cc1. The Bertz CT molecular complexity index is 961. The number of hydrogen-bond donors (Lipinski definition) is 2. The van der Waals surface area contributed by atoms with Gasteiger partial charge in [0.05, 0.1) is 24.0 Å². The molecule has 0 amide bonds. The summed E-state index contributed by atoms with van der Waals surface area (Å²) in [6.07, 6.45) is 0. The molecule has 1 saturated heterocycles. The highest BCUT2D eigenvalue weighted by molar-refractivity contribution is 6.02.